The summed E-state index contributed by atoms with van der Waals surface area (Å²) < 4.78 is 0. The van der Waals surface area contributed by atoms with E-state index in [1.807, 2.05) is 6.07 Å². The average Bonchev–Trinajstić information content (AvgIpc) is 3.31. The van der Waals surface area contributed by atoms with Crippen LogP contribution in [-0.4, -0.2) is 62.6 Å². The molecule has 11 unspecified atom stereocenters. The van der Waals surface area contributed by atoms with Crippen molar-refractivity contribution in [2.75, 3.05) is 0 Å². The zero-order chi connectivity index (χ0) is 46.2. The molecule has 0 saturated heterocycles. The predicted octanol–water partition coefficient (Wildman–Crippen LogP) is 6.15. The number of rotatable bonds is 20. The molecular weight excluding hydrogens is 805 g/mol. The van der Waals surface area contributed by atoms with Crippen molar-refractivity contribution >= 4 is 17.8 Å². The smallest absolute Gasteiger partial charge is 0.315 e. The van der Waals surface area contributed by atoms with Gasteiger partial charge in [-0.2, -0.15) is 0 Å². The van der Waals surface area contributed by atoms with Crippen LogP contribution in [0.2, 0.25) is 0 Å². The molecule has 12 N–H and O–H groups in total. The topological polar surface area (TPSA) is 236 Å². The molecule has 332 valence electrons. The number of carboxylic acid groups (broad SMARTS) is 2. The summed E-state index contributed by atoms with van der Waals surface area (Å²) in [6.45, 7) is 3.19. The Hall–Kier alpha value is -6.47. The largest absolute Gasteiger partial charge is 0.481 e. The quantitative estimate of drug-likeness (QED) is 0.0436. The number of aliphatic carboxylic acids is 2. The number of aliphatic hydroxyl groups excluding tert-OH is 2. The number of aliphatic hydroxyl groups is 2. The van der Waals surface area contributed by atoms with Crippen molar-refractivity contribution in [3.8, 4) is 0 Å². The minimum absolute atomic E-state index is 0.186. The first-order chi connectivity index (χ1) is 30.6. The van der Waals surface area contributed by atoms with Crippen LogP contribution in [-0.2, 0) is 30.8 Å². The SMILES string of the molecule is CC(N)C(c1ccccc1)C(C(=O)O)C(c1ccccc1)C(O)C(c1ccccc1)C(N)C(CC(N)(c1ccccc1)C(O)C(C)(C(N)=O)c1ccccc1)(C(=O)O)c1ccccc1. The molecule has 11 atom stereocenters. The van der Waals surface area contributed by atoms with Gasteiger partial charge in [0, 0.05) is 29.8 Å². The average molecular weight is 863 g/mol. The van der Waals surface area contributed by atoms with Crippen LogP contribution in [0.25, 0.3) is 0 Å². The van der Waals surface area contributed by atoms with E-state index in [1.165, 1.54) is 6.92 Å². The number of carbonyl (C=O) groups excluding carboxylic acids is 1. The molecule has 0 spiro atoms. The lowest BCUT2D eigenvalue weighted by molar-refractivity contribution is -0.150. The maximum Gasteiger partial charge on any atom is 0.315 e. The summed E-state index contributed by atoms with van der Waals surface area (Å²) in [5, 5.41) is 49.6. The van der Waals surface area contributed by atoms with Crippen LogP contribution < -0.4 is 22.9 Å². The number of hydrogen-bond acceptors (Lipinski definition) is 8. The molecule has 0 aromatic heterocycles. The molecule has 0 saturated carbocycles. The first-order valence-corrected chi connectivity index (χ1v) is 21.3. The highest BCUT2D eigenvalue weighted by Crippen LogP contribution is 2.51. The minimum atomic E-state index is -2.29. The Labute approximate surface area is 374 Å². The molecule has 0 bridgehead atoms. The standard InChI is InChI=1S/C53H58N4O7/c1-34(54)41(35-21-9-3-10-22-35)44(47(59)60)42(36-23-11-4-12-24-36)45(58)43(37-25-13-5-14-26-37)46(55)52(50(63)64,39-29-17-7-18-30-39)33-53(57,40-31-19-8-20-32-40)48(61)51(2,49(56)62)38-27-15-6-16-28-38/h3-32,34,41-46,48,58,61H,33,54-55,57H2,1-2H3,(H2,56,62)(H,59,60)(H,63,64). The van der Waals surface area contributed by atoms with Gasteiger partial charge in [-0.05, 0) is 53.6 Å². The zero-order valence-corrected chi connectivity index (χ0v) is 36.0. The summed E-state index contributed by atoms with van der Waals surface area (Å²) in [7, 11) is 0. The second kappa shape index (κ2) is 19.9. The van der Waals surface area contributed by atoms with Crippen molar-refractivity contribution in [2.45, 2.75) is 78.7 Å². The Morgan fingerprint density at radius 3 is 1.28 bits per heavy atom. The summed E-state index contributed by atoms with van der Waals surface area (Å²) >= 11 is 0. The highest BCUT2D eigenvalue weighted by Gasteiger charge is 2.60. The second-order valence-corrected chi connectivity index (χ2v) is 17.1. The number of amides is 1. The Balaban J connectivity index is 1.66. The fraction of sp³-hybridized carbons (Fsp3) is 0.264. The van der Waals surface area contributed by atoms with Gasteiger partial charge in [-0.25, -0.2) is 0 Å². The summed E-state index contributed by atoms with van der Waals surface area (Å²) in [5.74, 6) is -8.34. The van der Waals surface area contributed by atoms with E-state index in [0.717, 1.165) is 0 Å². The molecule has 11 heteroatoms. The third-order valence-electron chi connectivity index (χ3n) is 13.3. The van der Waals surface area contributed by atoms with Gasteiger partial charge < -0.3 is 43.4 Å². The molecule has 6 aromatic rings. The van der Waals surface area contributed by atoms with Crippen molar-refractivity contribution in [1.29, 1.82) is 0 Å². The lowest BCUT2D eigenvalue weighted by Gasteiger charge is -2.51. The number of primary amides is 1. The fourth-order valence-electron chi connectivity index (χ4n) is 9.95. The third kappa shape index (κ3) is 8.99. The molecule has 6 rings (SSSR count). The Kier molecular flexibility index (Phi) is 14.6. The highest BCUT2D eigenvalue weighted by molar-refractivity contribution is 5.88. The number of carboxylic acids is 2. The van der Waals surface area contributed by atoms with E-state index in [9.17, 15) is 34.8 Å². The summed E-state index contributed by atoms with van der Waals surface area (Å²) in [4.78, 5) is 42.4. The van der Waals surface area contributed by atoms with E-state index >= 15 is 0 Å². The highest BCUT2D eigenvalue weighted by atomic mass is 16.4. The van der Waals surface area contributed by atoms with Crippen LogP contribution in [0.3, 0.4) is 0 Å². The number of nitrogens with two attached hydrogens (primary N) is 4. The maximum atomic E-state index is 14.8. The number of benzene rings is 6. The van der Waals surface area contributed by atoms with Gasteiger partial charge in [-0.1, -0.05) is 182 Å². The monoisotopic (exact) mass is 862 g/mol. The van der Waals surface area contributed by atoms with Gasteiger partial charge >= 0.3 is 11.9 Å². The van der Waals surface area contributed by atoms with Gasteiger partial charge in [0.1, 0.15) is 5.41 Å². The lowest BCUT2D eigenvalue weighted by Crippen LogP contribution is -2.66. The van der Waals surface area contributed by atoms with Crippen LogP contribution >= 0.6 is 0 Å². The first kappa shape index (κ1) is 47.0. The normalized spacial score (nSPS) is 18.2. The molecule has 0 fully saturated rings. The van der Waals surface area contributed by atoms with E-state index in [4.69, 9.17) is 22.9 Å². The summed E-state index contributed by atoms with van der Waals surface area (Å²) in [6.07, 6.45) is -4.20. The maximum absolute atomic E-state index is 14.8. The van der Waals surface area contributed by atoms with Crippen molar-refractivity contribution in [3.63, 3.8) is 0 Å². The molecule has 0 radical (unpaired) electrons. The molecule has 0 aliphatic carbocycles. The fourth-order valence-corrected chi connectivity index (χ4v) is 9.95. The molecule has 0 aliphatic heterocycles. The van der Waals surface area contributed by atoms with E-state index in [2.05, 4.69) is 0 Å². The van der Waals surface area contributed by atoms with Gasteiger partial charge in [0.2, 0.25) is 5.91 Å². The van der Waals surface area contributed by atoms with E-state index in [1.54, 1.807) is 183 Å². The minimum Gasteiger partial charge on any atom is -0.481 e. The van der Waals surface area contributed by atoms with Crippen LogP contribution in [0.15, 0.2) is 182 Å². The molecule has 64 heavy (non-hydrogen) atoms. The third-order valence-corrected chi connectivity index (χ3v) is 13.3. The van der Waals surface area contributed by atoms with Crippen molar-refractivity contribution < 1.29 is 34.8 Å². The van der Waals surface area contributed by atoms with Gasteiger partial charge in [-0.15, -0.1) is 0 Å². The first-order valence-electron chi connectivity index (χ1n) is 21.3. The van der Waals surface area contributed by atoms with Crippen LogP contribution in [0.4, 0.5) is 0 Å². The molecule has 1 amide bonds. The van der Waals surface area contributed by atoms with Crippen LogP contribution in [0.1, 0.15) is 71.4 Å². The Morgan fingerprint density at radius 2 is 0.906 bits per heavy atom. The predicted molar refractivity (Wildman–Crippen MR) is 248 cm³/mol. The molecule has 11 nitrogen and oxygen atoms in total. The van der Waals surface area contributed by atoms with Crippen LogP contribution in [0.5, 0.6) is 0 Å². The molecular formula is C53H58N4O7. The van der Waals surface area contributed by atoms with Gasteiger partial charge in [0.05, 0.1) is 29.1 Å². The Bertz CT molecular complexity index is 2450. The zero-order valence-electron chi connectivity index (χ0n) is 36.0. The second-order valence-electron chi connectivity index (χ2n) is 17.1. The van der Waals surface area contributed by atoms with Crippen molar-refractivity contribution in [2.24, 2.45) is 28.9 Å². The molecule has 0 aliphatic rings. The lowest BCUT2D eigenvalue weighted by atomic mass is 9.56. The number of carbonyl (C=O) groups is 3. The van der Waals surface area contributed by atoms with E-state index < -0.39 is 88.6 Å². The van der Waals surface area contributed by atoms with Crippen LogP contribution in [0, 0.1) is 5.92 Å². The van der Waals surface area contributed by atoms with Gasteiger partial charge in [0.15, 0.2) is 0 Å². The van der Waals surface area contributed by atoms with Gasteiger partial charge in [-0.3, -0.25) is 14.4 Å². The summed E-state index contributed by atoms with van der Waals surface area (Å²) in [6, 6.07) is 49.1. The Morgan fingerprint density at radius 1 is 0.547 bits per heavy atom. The van der Waals surface area contributed by atoms with E-state index in [-0.39, 0.29) is 11.1 Å². The van der Waals surface area contributed by atoms with Crippen molar-refractivity contribution in [3.05, 3.63) is 215 Å². The van der Waals surface area contributed by atoms with Gasteiger partial charge in [0.25, 0.3) is 0 Å². The van der Waals surface area contributed by atoms with E-state index in [0.29, 0.717) is 22.3 Å². The number of hydrogen-bond donors (Lipinski definition) is 8. The van der Waals surface area contributed by atoms with Crippen molar-refractivity contribution in [1.82, 2.24) is 0 Å². The molecule has 6 aromatic carbocycles. The summed E-state index contributed by atoms with van der Waals surface area (Å²) in [5.41, 5.74) is 24.1. The molecule has 0 heterocycles.